The van der Waals surface area contributed by atoms with Gasteiger partial charge in [0.1, 0.15) is 18.4 Å². The molecule has 1 saturated heterocycles. The summed E-state index contributed by atoms with van der Waals surface area (Å²) in [6.45, 7) is 15.6. The van der Waals surface area contributed by atoms with E-state index in [0.29, 0.717) is 56.2 Å². The van der Waals surface area contributed by atoms with E-state index in [1.807, 2.05) is 109 Å². The number of nitrogens with one attached hydrogen (secondary N) is 2. The van der Waals surface area contributed by atoms with Crippen LogP contribution in [-0.4, -0.2) is 127 Å². The molecule has 0 saturated carbocycles. The van der Waals surface area contributed by atoms with E-state index < -0.39 is 66.1 Å². The highest BCUT2D eigenvalue weighted by atomic mass is 16.5. The van der Waals surface area contributed by atoms with Crippen molar-refractivity contribution >= 4 is 41.7 Å². The van der Waals surface area contributed by atoms with Gasteiger partial charge in [-0.2, -0.15) is 0 Å². The number of carbonyl (C=O) groups excluding carboxylic acids is 7. The Labute approximate surface area is 394 Å². The van der Waals surface area contributed by atoms with Crippen molar-refractivity contribution in [2.24, 2.45) is 29.6 Å². The van der Waals surface area contributed by atoms with Crippen LogP contribution in [0.15, 0.2) is 60.7 Å². The minimum absolute atomic E-state index is 0.0146. The number of hydrogen-bond acceptors (Lipinski definition) is 10. The number of amides is 4. The van der Waals surface area contributed by atoms with Crippen molar-refractivity contribution in [2.75, 3.05) is 34.8 Å². The molecule has 66 heavy (non-hydrogen) atoms. The summed E-state index contributed by atoms with van der Waals surface area (Å²) in [4.78, 5) is 100.0. The van der Waals surface area contributed by atoms with Gasteiger partial charge in [-0.05, 0) is 70.0 Å². The molecule has 1 unspecified atom stereocenters. The lowest BCUT2D eigenvalue weighted by molar-refractivity contribution is -0.152. The van der Waals surface area contributed by atoms with Gasteiger partial charge in [-0.1, -0.05) is 116 Å². The van der Waals surface area contributed by atoms with E-state index in [2.05, 4.69) is 10.6 Å². The highest BCUT2D eigenvalue weighted by Gasteiger charge is 2.43. The van der Waals surface area contributed by atoms with Crippen LogP contribution in [0.2, 0.25) is 0 Å². The monoisotopic (exact) mass is 918 g/mol. The number of Topliss-reactive ketones (excluding diaryl/α,β-unsaturated/α-hetero) is 1. The van der Waals surface area contributed by atoms with Gasteiger partial charge in [0.15, 0.2) is 5.78 Å². The second-order valence-corrected chi connectivity index (χ2v) is 19.1. The van der Waals surface area contributed by atoms with Crippen molar-refractivity contribution in [2.45, 2.75) is 149 Å². The van der Waals surface area contributed by atoms with Crippen molar-refractivity contribution in [1.29, 1.82) is 0 Å². The number of nitrogens with zero attached hydrogens (tertiary/aromatic N) is 3. The smallest absolute Gasteiger partial charge is 0.306 e. The average Bonchev–Trinajstić information content (AvgIpc) is 3.78. The summed E-state index contributed by atoms with van der Waals surface area (Å²) >= 11 is 0. The Morgan fingerprint density at radius 3 is 1.97 bits per heavy atom. The SMILES string of the molecule is CC[C@H](C)[C@@H]([C@@H](CC(=O)N1CCC[C@H]1[C@H](C=O)[C@@H](C)C(=O)N[C@H](C)C(OC(=O)CCCCC(=O)c1ccccc1)c1ccccc1)OC)N(C)C(=O)[C@@H](NC(=O)[C@H](C(C)C)N(C)C)C(C)C. The van der Waals surface area contributed by atoms with Gasteiger partial charge in [-0.3, -0.25) is 33.7 Å². The zero-order valence-electron chi connectivity index (χ0n) is 41.7. The number of ketones is 1. The fraction of sp³-hybridized carbons (Fsp3) is 0.635. The topological polar surface area (TPSA) is 172 Å². The van der Waals surface area contributed by atoms with Crippen molar-refractivity contribution < 1.29 is 43.0 Å². The third kappa shape index (κ3) is 15.3. The Kier molecular flexibility index (Phi) is 22.7. The van der Waals surface area contributed by atoms with Crippen LogP contribution in [0.5, 0.6) is 0 Å². The maximum Gasteiger partial charge on any atom is 0.306 e. The van der Waals surface area contributed by atoms with E-state index >= 15 is 0 Å². The van der Waals surface area contributed by atoms with E-state index in [0.717, 1.165) is 6.29 Å². The number of aldehydes is 1. The second-order valence-electron chi connectivity index (χ2n) is 19.1. The van der Waals surface area contributed by atoms with E-state index in [1.165, 1.54) is 7.11 Å². The first-order valence-electron chi connectivity index (χ1n) is 23.9. The molecular formula is C52H79N5O9. The molecule has 1 fully saturated rings. The summed E-state index contributed by atoms with van der Waals surface area (Å²) in [5.74, 6) is -3.55. The molecule has 0 bridgehead atoms. The molecule has 0 aromatic heterocycles. The highest BCUT2D eigenvalue weighted by Crippen LogP contribution is 2.32. The Morgan fingerprint density at radius 2 is 1.42 bits per heavy atom. The largest absolute Gasteiger partial charge is 0.455 e. The molecule has 1 heterocycles. The van der Waals surface area contributed by atoms with Crippen molar-refractivity contribution in [3.05, 3.63) is 71.8 Å². The van der Waals surface area contributed by atoms with Crippen LogP contribution in [0.3, 0.4) is 0 Å². The molecule has 366 valence electrons. The van der Waals surface area contributed by atoms with Gasteiger partial charge in [0.05, 0.1) is 30.7 Å². The third-order valence-corrected chi connectivity index (χ3v) is 13.3. The van der Waals surface area contributed by atoms with Crippen LogP contribution in [0, 0.1) is 29.6 Å². The molecule has 4 amide bonds. The van der Waals surface area contributed by atoms with Gasteiger partial charge in [0, 0.05) is 57.0 Å². The number of ether oxygens (including phenoxy) is 2. The molecule has 14 nitrogen and oxygen atoms in total. The summed E-state index contributed by atoms with van der Waals surface area (Å²) in [6.07, 6.45) is 2.41. The summed E-state index contributed by atoms with van der Waals surface area (Å²) < 4.78 is 12.0. The first-order valence-corrected chi connectivity index (χ1v) is 23.9. The molecule has 0 radical (unpaired) electrons. The lowest BCUT2D eigenvalue weighted by Crippen LogP contribution is -2.59. The fourth-order valence-corrected chi connectivity index (χ4v) is 9.40. The summed E-state index contributed by atoms with van der Waals surface area (Å²) in [5.41, 5.74) is 1.32. The standard InChI is InChI=1S/C52H79N5O9/c1-13-35(6)48(56(11)52(64)46(33(2)3)54-51(63)47(34(4)5)55(9)10)43(65-12)31-44(60)57-30-22-27-41(57)40(32-58)36(7)50(62)53-37(8)49(39-25-18-15-19-26-39)66-45(61)29-21-20-28-42(59)38-23-16-14-17-24-38/h14-19,23-26,32-37,40-41,43,46-49H,13,20-22,27-31H2,1-12H3,(H,53,62)(H,54,63)/t35-,36+,37+,40+,41-,43+,46-,47-,48-,49?/m0/s1. The lowest BCUT2D eigenvalue weighted by atomic mass is 9.85. The molecule has 3 rings (SSSR count). The number of likely N-dealkylation sites (tertiary alicyclic amines) is 1. The van der Waals surface area contributed by atoms with Crippen LogP contribution < -0.4 is 10.6 Å². The summed E-state index contributed by atoms with van der Waals surface area (Å²) in [7, 11) is 6.91. The predicted octanol–water partition coefficient (Wildman–Crippen LogP) is 6.67. The molecule has 10 atom stereocenters. The normalized spacial score (nSPS) is 18.0. The Balaban J connectivity index is 1.73. The lowest BCUT2D eigenvalue weighted by Gasteiger charge is -2.41. The number of benzene rings is 2. The number of rotatable bonds is 27. The van der Waals surface area contributed by atoms with E-state index in [-0.39, 0.29) is 54.1 Å². The molecular weight excluding hydrogens is 839 g/mol. The van der Waals surface area contributed by atoms with Crippen LogP contribution in [0.4, 0.5) is 0 Å². The number of likely N-dealkylation sites (N-methyl/N-ethyl adjacent to an activating group) is 2. The molecule has 2 aromatic rings. The molecule has 1 aliphatic heterocycles. The Bertz CT molecular complexity index is 1870. The summed E-state index contributed by atoms with van der Waals surface area (Å²) in [6, 6.07) is 15.2. The van der Waals surface area contributed by atoms with Gasteiger partial charge < -0.3 is 34.7 Å². The second kappa shape index (κ2) is 27.0. The van der Waals surface area contributed by atoms with Crippen LogP contribution in [-0.2, 0) is 38.2 Å². The van der Waals surface area contributed by atoms with Crippen LogP contribution in [0.1, 0.15) is 129 Å². The minimum Gasteiger partial charge on any atom is -0.455 e. The number of esters is 1. The minimum atomic E-state index is -0.835. The zero-order chi connectivity index (χ0) is 49.2. The molecule has 14 heteroatoms. The molecule has 2 aromatic carbocycles. The van der Waals surface area contributed by atoms with E-state index in [9.17, 15) is 33.6 Å². The van der Waals surface area contributed by atoms with Gasteiger partial charge in [-0.25, -0.2) is 0 Å². The highest BCUT2D eigenvalue weighted by molar-refractivity contribution is 5.96. The number of hydrogen-bond donors (Lipinski definition) is 2. The van der Waals surface area contributed by atoms with Crippen molar-refractivity contribution in [3.63, 3.8) is 0 Å². The first kappa shape index (κ1) is 55.4. The zero-order valence-corrected chi connectivity index (χ0v) is 41.7. The Morgan fingerprint density at radius 1 is 0.818 bits per heavy atom. The van der Waals surface area contributed by atoms with E-state index in [1.54, 1.807) is 42.8 Å². The quantitative estimate of drug-likeness (QED) is 0.0427. The first-order chi connectivity index (χ1) is 31.3. The molecule has 0 spiro atoms. The van der Waals surface area contributed by atoms with Crippen molar-refractivity contribution in [3.8, 4) is 0 Å². The predicted molar refractivity (Wildman–Crippen MR) is 256 cm³/mol. The number of unbranched alkanes of at least 4 members (excludes halogenated alkanes) is 1. The van der Waals surface area contributed by atoms with Gasteiger partial charge in [0.25, 0.3) is 0 Å². The number of carbonyl (C=O) groups is 7. The van der Waals surface area contributed by atoms with Gasteiger partial charge >= 0.3 is 5.97 Å². The van der Waals surface area contributed by atoms with Crippen LogP contribution >= 0.6 is 0 Å². The van der Waals surface area contributed by atoms with Crippen LogP contribution in [0.25, 0.3) is 0 Å². The maximum atomic E-state index is 14.4. The summed E-state index contributed by atoms with van der Waals surface area (Å²) in [5, 5.41) is 6.03. The van der Waals surface area contributed by atoms with Gasteiger partial charge in [0.2, 0.25) is 23.6 Å². The average molecular weight is 918 g/mol. The molecule has 2 N–H and O–H groups in total. The molecule has 0 aliphatic carbocycles. The fourth-order valence-electron chi connectivity index (χ4n) is 9.40. The molecule has 1 aliphatic rings. The maximum absolute atomic E-state index is 14.4. The Hall–Kier alpha value is -4.95. The van der Waals surface area contributed by atoms with E-state index in [4.69, 9.17) is 9.47 Å². The van der Waals surface area contributed by atoms with Gasteiger partial charge in [-0.15, -0.1) is 0 Å². The third-order valence-electron chi connectivity index (χ3n) is 13.3. The number of methoxy groups -OCH3 is 1. The van der Waals surface area contributed by atoms with Crippen molar-refractivity contribution in [1.82, 2.24) is 25.3 Å².